The van der Waals surface area contributed by atoms with E-state index in [4.69, 9.17) is 0 Å². The number of carbonyl (C=O) groups is 1. The van der Waals surface area contributed by atoms with Crippen molar-refractivity contribution in [1.29, 1.82) is 0 Å². The van der Waals surface area contributed by atoms with Gasteiger partial charge in [0.15, 0.2) is 0 Å². The minimum Gasteiger partial charge on any atom is -0.353 e. The summed E-state index contributed by atoms with van der Waals surface area (Å²) in [6, 6.07) is 0.290. The lowest BCUT2D eigenvalue weighted by Crippen LogP contribution is -2.36. The van der Waals surface area contributed by atoms with Crippen LogP contribution in [0.3, 0.4) is 0 Å². The third-order valence-electron chi connectivity index (χ3n) is 2.56. The van der Waals surface area contributed by atoms with E-state index in [0.29, 0.717) is 18.4 Å². The average Bonchev–Trinajstić information content (AvgIpc) is 2.23. The molecule has 0 heterocycles. The first-order valence-electron chi connectivity index (χ1n) is 6.45. The molecule has 3 heteroatoms. The first-order valence-corrected chi connectivity index (χ1v) is 7.57. The summed E-state index contributed by atoms with van der Waals surface area (Å²) < 4.78 is 0. The van der Waals surface area contributed by atoms with Gasteiger partial charge in [0, 0.05) is 17.8 Å². The van der Waals surface area contributed by atoms with Crippen molar-refractivity contribution in [3.8, 4) is 0 Å². The zero-order valence-corrected chi connectivity index (χ0v) is 12.5. The van der Waals surface area contributed by atoms with E-state index in [-0.39, 0.29) is 5.91 Å². The summed E-state index contributed by atoms with van der Waals surface area (Å²) in [7, 11) is 0. The maximum absolute atomic E-state index is 11.6. The van der Waals surface area contributed by atoms with Crippen LogP contribution in [0.2, 0.25) is 0 Å². The Balaban J connectivity index is 3.66. The molecule has 0 aliphatic heterocycles. The van der Waals surface area contributed by atoms with Crippen LogP contribution in [-0.4, -0.2) is 17.3 Å². The maximum atomic E-state index is 11.6. The van der Waals surface area contributed by atoms with E-state index in [1.165, 1.54) is 19.3 Å². The predicted molar refractivity (Wildman–Crippen MR) is 73.9 cm³/mol. The van der Waals surface area contributed by atoms with Crippen molar-refractivity contribution in [1.82, 2.24) is 5.32 Å². The first-order chi connectivity index (χ1) is 7.60. The minimum atomic E-state index is 0.209. The van der Waals surface area contributed by atoms with E-state index < -0.39 is 0 Å². The Morgan fingerprint density at radius 2 is 1.94 bits per heavy atom. The van der Waals surface area contributed by atoms with Crippen LogP contribution in [0, 0.1) is 5.92 Å². The van der Waals surface area contributed by atoms with Crippen molar-refractivity contribution in [3.05, 3.63) is 0 Å². The van der Waals surface area contributed by atoms with Crippen LogP contribution in [-0.2, 0) is 4.79 Å². The molecule has 1 unspecified atom stereocenters. The van der Waals surface area contributed by atoms with Crippen LogP contribution < -0.4 is 5.32 Å². The van der Waals surface area contributed by atoms with Gasteiger partial charge in [0.25, 0.3) is 0 Å². The molecule has 0 bridgehead atoms. The minimum absolute atomic E-state index is 0.209. The van der Waals surface area contributed by atoms with Crippen LogP contribution in [0.4, 0.5) is 0 Å². The summed E-state index contributed by atoms with van der Waals surface area (Å²) in [6.07, 6.45) is 6.39. The van der Waals surface area contributed by atoms with Crippen molar-refractivity contribution in [3.63, 3.8) is 0 Å². The molecular formula is C13H26BrNO. The van der Waals surface area contributed by atoms with Gasteiger partial charge < -0.3 is 5.32 Å². The van der Waals surface area contributed by atoms with E-state index in [9.17, 15) is 4.79 Å². The zero-order chi connectivity index (χ0) is 12.4. The summed E-state index contributed by atoms with van der Waals surface area (Å²) in [5.41, 5.74) is 0. The Bertz CT molecular complexity index is 183. The van der Waals surface area contributed by atoms with Gasteiger partial charge in [-0.25, -0.2) is 0 Å². The molecule has 2 nitrogen and oxygen atoms in total. The molecule has 0 aromatic carbocycles. The van der Waals surface area contributed by atoms with Gasteiger partial charge in [0.05, 0.1) is 0 Å². The van der Waals surface area contributed by atoms with Gasteiger partial charge in [0.2, 0.25) is 5.91 Å². The number of rotatable bonds is 9. The normalized spacial score (nSPS) is 12.8. The molecule has 0 aromatic heterocycles. The summed E-state index contributed by atoms with van der Waals surface area (Å²) >= 11 is 3.45. The molecule has 0 fully saturated rings. The van der Waals surface area contributed by atoms with Gasteiger partial charge in [0.1, 0.15) is 0 Å². The molecule has 1 amide bonds. The van der Waals surface area contributed by atoms with E-state index in [0.717, 1.165) is 18.2 Å². The fraction of sp³-hybridized carbons (Fsp3) is 0.923. The highest BCUT2D eigenvalue weighted by molar-refractivity contribution is 9.09. The van der Waals surface area contributed by atoms with Gasteiger partial charge in [-0.2, -0.15) is 0 Å². The van der Waals surface area contributed by atoms with E-state index >= 15 is 0 Å². The van der Waals surface area contributed by atoms with Crippen LogP contribution in [0.25, 0.3) is 0 Å². The highest BCUT2D eigenvalue weighted by atomic mass is 79.9. The first kappa shape index (κ1) is 16.0. The van der Waals surface area contributed by atoms with Crippen LogP contribution in [0.15, 0.2) is 0 Å². The molecular weight excluding hydrogens is 266 g/mol. The average molecular weight is 292 g/mol. The lowest BCUT2D eigenvalue weighted by molar-refractivity contribution is -0.121. The van der Waals surface area contributed by atoms with E-state index in [2.05, 4.69) is 42.0 Å². The van der Waals surface area contributed by atoms with Crippen LogP contribution in [0.5, 0.6) is 0 Å². The van der Waals surface area contributed by atoms with Crippen LogP contribution >= 0.6 is 15.9 Å². The smallest absolute Gasteiger partial charge is 0.220 e. The molecule has 1 N–H and O–H groups in total. The number of carbonyl (C=O) groups excluding carboxylic acids is 1. The zero-order valence-electron chi connectivity index (χ0n) is 10.9. The van der Waals surface area contributed by atoms with E-state index in [1.807, 2.05) is 0 Å². The second-order valence-electron chi connectivity index (χ2n) is 4.86. The Labute approximate surface area is 109 Å². The molecule has 0 saturated carbocycles. The van der Waals surface area contributed by atoms with Crippen molar-refractivity contribution in [2.24, 2.45) is 5.92 Å². The van der Waals surface area contributed by atoms with Crippen molar-refractivity contribution >= 4 is 21.8 Å². The van der Waals surface area contributed by atoms with Gasteiger partial charge in [-0.15, -0.1) is 0 Å². The maximum Gasteiger partial charge on any atom is 0.220 e. The summed E-state index contributed by atoms with van der Waals surface area (Å²) in [4.78, 5) is 11.6. The summed E-state index contributed by atoms with van der Waals surface area (Å²) in [5, 5.41) is 3.94. The molecule has 1 atom stereocenters. The van der Waals surface area contributed by atoms with Gasteiger partial charge >= 0.3 is 0 Å². The number of unbranched alkanes of at least 4 members (excludes halogenated alkanes) is 3. The highest BCUT2D eigenvalue weighted by Crippen LogP contribution is 2.08. The van der Waals surface area contributed by atoms with Crippen LogP contribution in [0.1, 0.15) is 59.3 Å². The molecule has 0 aliphatic carbocycles. The Morgan fingerprint density at radius 1 is 1.25 bits per heavy atom. The summed E-state index contributed by atoms with van der Waals surface area (Å²) in [5.74, 6) is 0.837. The van der Waals surface area contributed by atoms with Crippen molar-refractivity contribution in [2.75, 3.05) is 5.33 Å². The lowest BCUT2D eigenvalue weighted by Gasteiger charge is -2.18. The molecule has 16 heavy (non-hydrogen) atoms. The van der Waals surface area contributed by atoms with Gasteiger partial charge in [-0.3, -0.25) is 4.79 Å². The number of nitrogens with one attached hydrogen (secondary N) is 1. The monoisotopic (exact) mass is 291 g/mol. The Kier molecular flexibility index (Phi) is 10.1. The molecule has 0 aliphatic rings. The number of halogens is 1. The molecule has 0 rings (SSSR count). The quantitative estimate of drug-likeness (QED) is 0.507. The highest BCUT2D eigenvalue weighted by Gasteiger charge is 2.12. The lowest BCUT2D eigenvalue weighted by atomic mass is 10.0. The molecule has 96 valence electrons. The number of hydrogen-bond acceptors (Lipinski definition) is 1. The van der Waals surface area contributed by atoms with Gasteiger partial charge in [-0.05, 0) is 18.8 Å². The Hall–Kier alpha value is -0.0500. The predicted octanol–water partition coefficient (Wildman–Crippen LogP) is 3.88. The second kappa shape index (κ2) is 10.1. The van der Waals surface area contributed by atoms with Gasteiger partial charge in [-0.1, -0.05) is 56.0 Å². The molecule has 0 saturated heterocycles. The van der Waals surface area contributed by atoms with Crippen molar-refractivity contribution < 1.29 is 4.79 Å². The Morgan fingerprint density at radius 3 is 2.44 bits per heavy atom. The molecule has 0 spiro atoms. The molecule has 0 radical (unpaired) electrons. The SMILES string of the molecule is CCCCCCC(=O)NC(CBr)CC(C)C. The fourth-order valence-electron chi connectivity index (χ4n) is 1.74. The third kappa shape index (κ3) is 9.20. The fourth-order valence-corrected chi connectivity index (χ4v) is 2.17. The molecule has 0 aromatic rings. The van der Waals surface area contributed by atoms with Crippen molar-refractivity contribution in [2.45, 2.75) is 65.3 Å². The number of amides is 1. The number of hydrogen-bond donors (Lipinski definition) is 1. The standard InChI is InChI=1S/C13H26BrNO/c1-4-5-6-7-8-13(16)15-12(10-14)9-11(2)3/h11-12H,4-10H2,1-3H3,(H,15,16). The topological polar surface area (TPSA) is 29.1 Å². The summed E-state index contributed by atoms with van der Waals surface area (Å²) in [6.45, 7) is 6.55. The second-order valence-corrected chi connectivity index (χ2v) is 5.51. The largest absolute Gasteiger partial charge is 0.353 e. The third-order valence-corrected chi connectivity index (χ3v) is 3.35. The van der Waals surface area contributed by atoms with E-state index in [1.54, 1.807) is 0 Å². The number of alkyl halides is 1.